The van der Waals surface area contributed by atoms with Crippen LogP contribution >= 0.6 is 0 Å². The number of nitrogens with zero attached hydrogens (tertiary/aromatic N) is 2. The number of carbonyl (C=O) groups excluding carboxylic acids is 2. The Balaban J connectivity index is 2.14. The number of nitrogens with one attached hydrogen (secondary N) is 1. The van der Waals surface area contributed by atoms with E-state index in [0.29, 0.717) is 11.3 Å². The van der Waals surface area contributed by atoms with Crippen LogP contribution in [0.5, 0.6) is 0 Å². The molecule has 0 aliphatic carbocycles. The van der Waals surface area contributed by atoms with Gasteiger partial charge in [-0.3, -0.25) is 14.9 Å². The van der Waals surface area contributed by atoms with E-state index in [1.54, 1.807) is 42.5 Å². The first kappa shape index (κ1) is 16.7. The SMILES string of the molecule is NC(N)=NC(=O)c1cccc(N=C(N)NC(=O)c2ccccc2)c1. The molecule has 0 unspecified atom stereocenters. The van der Waals surface area contributed by atoms with E-state index in [-0.39, 0.29) is 23.4 Å². The number of amides is 2. The second kappa shape index (κ2) is 7.54. The highest BCUT2D eigenvalue weighted by molar-refractivity contribution is 6.06. The zero-order valence-electron chi connectivity index (χ0n) is 12.6. The van der Waals surface area contributed by atoms with Gasteiger partial charge in [-0.05, 0) is 30.3 Å². The van der Waals surface area contributed by atoms with Crippen molar-refractivity contribution in [1.82, 2.24) is 5.32 Å². The van der Waals surface area contributed by atoms with E-state index < -0.39 is 5.91 Å². The Kier molecular flexibility index (Phi) is 5.24. The van der Waals surface area contributed by atoms with Crippen molar-refractivity contribution in [2.24, 2.45) is 27.2 Å². The molecule has 8 nitrogen and oxygen atoms in total. The molecule has 0 atom stereocenters. The Morgan fingerprint density at radius 1 is 0.875 bits per heavy atom. The van der Waals surface area contributed by atoms with Crippen LogP contribution in [0.3, 0.4) is 0 Å². The Hall–Kier alpha value is -3.68. The summed E-state index contributed by atoms with van der Waals surface area (Å²) in [7, 11) is 0. The smallest absolute Gasteiger partial charge is 0.280 e. The average molecular weight is 324 g/mol. The van der Waals surface area contributed by atoms with Crippen LogP contribution in [0.15, 0.2) is 64.6 Å². The molecule has 2 aromatic carbocycles. The summed E-state index contributed by atoms with van der Waals surface area (Å²) in [5.74, 6) is -1.41. The van der Waals surface area contributed by atoms with E-state index in [9.17, 15) is 9.59 Å². The lowest BCUT2D eigenvalue weighted by molar-refractivity contribution is 0.0974. The molecular weight excluding hydrogens is 308 g/mol. The lowest BCUT2D eigenvalue weighted by Gasteiger charge is -2.05. The zero-order chi connectivity index (χ0) is 17.5. The molecule has 0 aliphatic heterocycles. The predicted octanol–water partition coefficient (Wildman–Crippen LogP) is 0.476. The predicted molar refractivity (Wildman–Crippen MR) is 91.8 cm³/mol. The number of carbonyl (C=O) groups is 2. The molecule has 8 heteroatoms. The summed E-state index contributed by atoms with van der Waals surface area (Å²) in [6.07, 6.45) is 0. The van der Waals surface area contributed by atoms with Gasteiger partial charge in [0.2, 0.25) is 5.96 Å². The first-order valence-corrected chi connectivity index (χ1v) is 6.90. The fourth-order valence-corrected chi connectivity index (χ4v) is 1.84. The van der Waals surface area contributed by atoms with Crippen molar-refractivity contribution in [3.63, 3.8) is 0 Å². The van der Waals surface area contributed by atoms with Crippen molar-refractivity contribution < 1.29 is 9.59 Å². The molecule has 24 heavy (non-hydrogen) atoms. The Morgan fingerprint density at radius 3 is 2.21 bits per heavy atom. The van der Waals surface area contributed by atoms with Gasteiger partial charge in [0.05, 0.1) is 5.69 Å². The third kappa shape index (κ3) is 4.67. The van der Waals surface area contributed by atoms with Crippen LogP contribution in [0.1, 0.15) is 20.7 Å². The van der Waals surface area contributed by atoms with Gasteiger partial charge >= 0.3 is 0 Å². The summed E-state index contributed by atoms with van der Waals surface area (Å²) in [6.45, 7) is 0. The maximum absolute atomic E-state index is 12.0. The fourth-order valence-electron chi connectivity index (χ4n) is 1.84. The van der Waals surface area contributed by atoms with Gasteiger partial charge in [-0.2, -0.15) is 4.99 Å². The summed E-state index contributed by atoms with van der Waals surface area (Å²) in [5.41, 5.74) is 17.1. The monoisotopic (exact) mass is 324 g/mol. The third-order valence-corrected chi connectivity index (χ3v) is 2.85. The van der Waals surface area contributed by atoms with Crippen LogP contribution < -0.4 is 22.5 Å². The molecule has 0 aromatic heterocycles. The molecule has 0 heterocycles. The summed E-state index contributed by atoms with van der Waals surface area (Å²) in [4.78, 5) is 31.2. The number of benzene rings is 2. The largest absolute Gasteiger partial charge is 0.370 e. The molecule has 2 aromatic rings. The summed E-state index contributed by atoms with van der Waals surface area (Å²) in [5, 5.41) is 2.46. The molecule has 0 fully saturated rings. The molecule has 0 radical (unpaired) electrons. The van der Waals surface area contributed by atoms with Gasteiger partial charge in [0.25, 0.3) is 11.8 Å². The van der Waals surface area contributed by atoms with E-state index in [4.69, 9.17) is 17.2 Å². The average Bonchev–Trinajstić information content (AvgIpc) is 2.55. The minimum absolute atomic E-state index is 0.102. The van der Waals surface area contributed by atoms with Crippen molar-refractivity contribution in [3.05, 3.63) is 65.7 Å². The molecule has 2 rings (SSSR count). The van der Waals surface area contributed by atoms with Crippen LogP contribution in [0.4, 0.5) is 5.69 Å². The lowest BCUT2D eigenvalue weighted by Crippen LogP contribution is -2.36. The van der Waals surface area contributed by atoms with E-state index in [2.05, 4.69) is 15.3 Å². The number of guanidine groups is 2. The van der Waals surface area contributed by atoms with Crippen LogP contribution in [-0.2, 0) is 0 Å². The van der Waals surface area contributed by atoms with Gasteiger partial charge in [0.15, 0.2) is 5.96 Å². The van der Waals surface area contributed by atoms with E-state index >= 15 is 0 Å². The minimum Gasteiger partial charge on any atom is -0.370 e. The molecule has 0 saturated heterocycles. The Morgan fingerprint density at radius 2 is 1.54 bits per heavy atom. The molecule has 0 spiro atoms. The van der Waals surface area contributed by atoms with Crippen molar-refractivity contribution in [3.8, 4) is 0 Å². The second-order valence-electron chi connectivity index (χ2n) is 4.71. The molecule has 0 saturated carbocycles. The maximum atomic E-state index is 12.0. The highest BCUT2D eigenvalue weighted by Crippen LogP contribution is 2.14. The first-order valence-electron chi connectivity index (χ1n) is 6.90. The van der Waals surface area contributed by atoms with Gasteiger partial charge in [-0.25, -0.2) is 4.99 Å². The van der Waals surface area contributed by atoms with E-state index in [1.165, 1.54) is 12.1 Å². The van der Waals surface area contributed by atoms with Gasteiger partial charge in [-0.15, -0.1) is 0 Å². The van der Waals surface area contributed by atoms with Crippen molar-refractivity contribution in [2.45, 2.75) is 0 Å². The number of rotatable bonds is 3. The topological polar surface area (TPSA) is 149 Å². The van der Waals surface area contributed by atoms with Gasteiger partial charge in [0.1, 0.15) is 0 Å². The third-order valence-electron chi connectivity index (χ3n) is 2.85. The summed E-state index contributed by atoms with van der Waals surface area (Å²) >= 11 is 0. The standard InChI is InChI=1S/C16H16N6O2/c17-15(18)21-14(24)11-7-4-8-12(9-11)20-16(19)22-13(23)10-5-2-1-3-6-10/h1-9H,(H4,17,18,21,24)(H3,19,20,22,23). The van der Waals surface area contributed by atoms with Crippen molar-refractivity contribution >= 4 is 29.4 Å². The van der Waals surface area contributed by atoms with Crippen LogP contribution in [0, 0.1) is 0 Å². The summed E-state index contributed by atoms with van der Waals surface area (Å²) < 4.78 is 0. The molecule has 7 N–H and O–H groups in total. The summed E-state index contributed by atoms with van der Waals surface area (Å²) in [6, 6.07) is 14.8. The highest BCUT2D eigenvalue weighted by Gasteiger charge is 2.08. The van der Waals surface area contributed by atoms with Crippen LogP contribution in [0.2, 0.25) is 0 Å². The zero-order valence-corrected chi connectivity index (χ0v) is 12.6. The molecule has 0 bridgehead atoms. The number of nitrogens with two attached hydrogens (primary N) is 3. The van der Waals surface area contributed by atoms with E-state index in [0.717, 1.165) is 0 Å². The van der Waals surface area contributed by atoms with Gasteiger partial charge < -0.3 is 17.2 Å². The molecule has 2 amide bonds. The maximum Gasteiger partial charge on any atom is 0.280 e. The van der Waals surface area contributed by atoms with E-state index in [1.807, 2.05) is 0 Å². The van der Waals surface area contributed by atoms with Crippen molar-refractivity contribution in [1.29, 1.82) is 0 Å². The number of aliphatic imine (C=N–C) groups is 2. The minimum atomic E-state index is -0.598. The molecular formula is C16H16N6O2. The van der Waals surface area contributed by atoms with Gasteiger partial charge in [0, 0.05) is 11.1 Å². The number of hydrogen-bond acceptors (Lipinski definition) is 3. The normalized spacial score (nSPS) is 10.8. The highest BCUT2D eigenvalue weighted by atomic mass is 16.2. The van der Waals surface area contributed by atoms with Crippen LogP contribution in [0.25, 0.3) is 0 Å². The molecule has 0 aliphatic rings. The van der Waals surface area contributed by atoms with Crippen LogP contribution in [-0.4, -0.2) is 23.7 Å². The van der Waals surface area contributed by atoms with Gasteiger partial charge in [-0.1, -0.05) is 24.3 Å². The quantitative estimate of drug-likeness (QED) is 0.478. The van der Waals surface area contributed by atoms with Crippen molar-refractivity contribution in [2.75, 3.05) is 0 Å². The number of hydrogen-bond donors (Lipinski definition) is 4. The molecule has 122 valence electrons. The Labute approximate surface area is 138 Å². The Bertz CT molecular complexity index is 810. The fraction of sp³-hybridized carbons (Fsp3) is 0. The second-order valence-corrected chi connectivity index (χ2v) is 4.71. The first-order chi connectivity index (χ1) is 11.5. The lowest BCUT2D eigenvalue weighted by atomic mass is 10.2.